The molecule has 1 heterocycles. The van der Waals surface area contributed by atoms with Gasteiger partial charge in [0.2, 0.25) is 0 Å². The van der Waals surface area contributed by atoms with Gasteiger partial charge in [0.15, 0.2) is 5.79 Å². The number of rotatable bonds is 1. The Morgan fingerprint density at radius 2 is 1.93 bits per heavy atom. The van der Waals surface area contributed by atoms with Crippen LogP contribution in [0.15, 0.2) is 0 Å². The summed E-state index contributed by atoms with van der Waals surface area (Å²) in [6.45, 7) is 5.67. The maximum Gasteiger partial charge on any atom is 0.180 e. The fourth-order valence-corrected chi connectivity index (χ4v) is 3.13. The Morgan fingerprint density at radius 3 is 2.47 bits per heavy atom. The zero-order valence-electron chi connectivity index (χ0n) is 9.41. The summed E-state index contributed by atoms with van der Waals surface area (Å²) in [5.74, 6) is -0.0363. The summed E-state index contributed by atoms with van der Waals surface area (Å²) in [6, 6.07) is 0. The molecule has 0 amide bonds. The van der Waals surface area contributed by atoms with Crippen LogP contribution in [-0.4, -0.2) is 25.3 Å². The minimum atomic E-state index is -0.561. The zero-order chi connectivity index (χ0) is 10.7. The molecule has 2 saturated carbocycles. The lowest BCUT2D eigenvalue weighted by Gasteiger charge is -2.44. The molecule has 2 atom stereocenters. The summed E-state index contributed by atoms with van der Waals surface area (Å²) in [5.41, 5.74) is -0.203. The van der Waals surface area contributed by atoms with E-state index in [1.165, 1.54) is 0 Å². The van der Waals surface area contributed by atoms with E-state index in [1.54, 1.807) is 0 Å². The van der Waals surface area contributed by atoms with Crippen molar-refractivity contribution in [2.45, 2.75) is 38.9 Å². The highest BCUT2D eigenvalue weighted by atomic mass is 16.7. The average molecular weight is 210 g/mol. The van der Waals surface area contributed by atoms with Crippen LogP contribution in [-0.2, 0) is 14.3 Å². The van der Waals surface area contributed by atoms with Gasteiger partial charge in [0.25, 0.3) is 0 Å². The van der Waals surface area contributed by atoms with Crippen LogP contribution in [0, 0.1) is 16.7 Å². The summed E-state index contributed by atoms with van der Waals surface area (Å²) in [5, 5.41) is 0. The summed E-state index contributed by atoms with van der Waals surface area (Å²) < 4.78 is 11.9. The van der Waals surface area contributed by atoms with Gasteiger partial charge in [-0.1, -0.05) is 13.8 Å². The standard InChI is InChI=1S/C12H18O3/c1-10(2)7-14-12(15-8-10)4-3-9-5-11(9,12)6-13/h6,9H,3-5,7-8H2,1-2H3/t9-,11-/m1/s1. The van der Waals surface area contributed by atoms with Gasteiger partial charge < -0.3 is 14.3 Å². The smallest absolute Gasteiger partial charge is 0.180 e. The van der Waals surface area contributed by atoms with Crippen LogP contribution >= 0.6 is 0 Å². The van der Waals surface area contributed by atoms with Crippen molar-refractivity contribution >= 4 is 6.29 Å². The fraction of sp³-hybridized carbons (Fsp3) is 0.917. The monoisotopic (exact) mass is 210 g/mol. The van der Waals surface area contributed by atoms with E-state index >= 15 is 0 Å². The maximum absolute atomic E-state index is 11.2. The Kier molecular flexibility index (Phi) is 1.72. The molecule has 0 bridgehead atoms. The first kappa shape index (κ1) is 9.79. The van der Waals surface area contributed by atoms with Crippen molar-refractivity contribution < 1.29 is 14.3 Å². The third-order valence-corrected chi connectivity index (χ3v) is 4.29. The van der Waals surface area contributed by atoms with Crippen molar-refractivity contribution in [3.63, 3.8) is 0 Å². The van der Waals surface area contributed by atoms with Gasteiger partial charge in [-0.05, 0) is 18.8 Å². The van der Waals surface area contributed by atoms with Gasteiger partial charge in [0.05, 0.1) is 18.6 Å². The number of hydrogen-bond donors (Lipinski definition) is 0. The molecule has 15 heavy (non-hydrogen) atoms. The Labute approximate surface area is 90.1 Å². The second-order valence-corrected chi connectivity index (χ2v) is 6.09. The Balaban J connectivity index is 1.84. The molecule has 0 aromatic rings. The molecule has 84 valence electrons. The molecule has 1 saturated heterocycles. The highest BCUT2D eigenvalue weighted by Gasteiger charge is 2.74. The van der Waals surface area contributed by atoms with E-state index < -0.39 is 5.79 Å². The number of aldehydes is 1. The lowest BCUT2D eigenvalue weighted by Crippen LogP contribution is -2.52. The molecule has 0 radical (unpaired) electrons. The van der Waals surface area contributed by atoms with Crippen molar-refractivity contribution in [3.8, 4) is 0 Å². The van der Waals surface area contributed by atoms with Crippen LogP contribution in [0.4, 0.5) is 0 Å². The Bertz CT molecular complexity index is 300. The van der Waals surface area contributed by atoms with Gasteiger partial charge in [0, 0.05) is 11.8 Å². The second kappa shape index (κ2) is 2.64. The molecule has 3 fully saturated rings. The molecule has 3 heteroatoms. The summed E-state index contributed by atoms with van der Waals surface area (Å²) in [7, 11) is 0. The summed E-state index contributed by atoms with van der Waals surface area (Å²) >= 11 is 0. The van der Waals surface area contributed by atoms with Gasteiger partial charge in [-0.2, -0.15) is 0 Å². The highest BCUT2D eigenvalue weighted by molar-refractivity contribution is 5.68. The van der Waals surface area contributed by atoms with E-state index in [4.69, 9.17) is 9.47 Å². The second-order valence-electron chi connectivity index (χ2n) is 6.09. The molecule has 2 aliphatic carbocycles. The van der Waals surface area contributed by atoms with Crippen LogP contribution < -0.4 is 0 Å². The van der Waals surface area contributed by atoms with Crippen LogP contribution in [0.5, 0.6) is 0 Å². The molecule has 1 aliphatic heterocycles. The number of carbonyl (C=O) groups is 1. The topological polar surface area (TPSA) is 35.5 Å². The fourth-order valence-electron chi connectivity index (χ4n) is 3.13. The van der Waals surface area contributed by atoms with E-state index in [1.807, 2.05) is 0 Å². The maximum atomic E-state index is 11.2. The van der Waals surface area contributed by atoms with Crippen LogP contribution in [0.25, 0.3) is 0 Å². The van der Waals surface area contributed by atoms with Crippen molar-refractivity contribution in [3.05, 3.63) is 0 Å². The average Bonchev–Trinajstić information content (AvgIpc) is 2.87. The van der Waals surface area contributed by atoms with E-state index in [2.05, 4.69) is 13.8 Å². The molecule has 3 nitrogen and oxygen atoms in total. The lowest BCUT2D eigenvalue weighted by molar-refractivity contribution is -0.317. The van der Waals surface area contributed by atoms with Gasteiger partial charge in [0.1, 0.15) is 6.29 Å². The molecule has 0 aromatic carbocycles. The molecule has 0 N–H and O–H groups in total. The first-order valence-corrected chi connectivity index (χ1v) is 5.78. The van der Waals surface area contributed by atoms with Crippen LogP contribution in [0.3, 0.4) is 0 Å². The number of hydrogen-bond acceptors (Lipinski definition) is 3. The predicted octanol–water partition coefficient (Wildman–Crippen LogP) is 1.75. The predicted molar refractivity (Wildman–Crippen MR) is 54.3 cm³/mol. The molecule has 0 unspecified atom stereocenters. The Morgan fingerprint density at radius 1 is 1.27 bits per heavy atom. The van der Waals surface area contributed by atoms with E-state index in [-0.39, 0.29) is 10.8 Å². The molecule has 1 spiro atoms. The largest absolute Gasteiger partial charge is 0.348 e. The van der Waals surface area contributed by atoms with Crippen molar-refractivity contribution in [1.29, 1.82) is 0 Å². The van der Waals surface area contributed by atoms with E-state index in [0.717, 1.165) is 25.5 Å². The van der Waals surface area contributed by atoms with Crippen LogP contribution in [0.2, 0.25) is 0 Å². The van der Waals surface area contributed by atoms with Gasteiger partial charge in [-0.3, -0.25) is 0 Å². The molecule has 3 aliphatic rings. The molecule has 3 rings (SSSR count). The first-order valence-electron chi connectivity index (χ1n) is 5.78. The third-order valence-electron chi connectivity index (χ3n) is 4.29. The van der Waals surface area contributed by atoms with Gasteiger partial charge in [-0.15, -0.1) is 0 Å². The van der Waals surface area contributed by atoms with Crippen molar-refractivity contribution in [2.75, 3.05) is 13.2 Å². The molecular weight excluding hydrogens is 192 g/mol. The number of carbonyl (C=O) groups excluding carboxylic acids is 1. The highest BCUT2D eigenvalue weighted by Crippen LogP contribution is 2.69. The third kappa shape index (κ3) is 1.11. The van der Waals surface area contributed by atoms with Gasteiger partial charge in [-0.25, -0.2) is 0 Å². The number of ether oxygens (including phenoxy) is 2. The van der Waals surface area contributed by atoms with Crippen molar-refractivity contribution in [2.24, 2.45) is 16.7 Å². The minimum absolute atomic E-state index is 0.0856. The lowest BCUT2D eigenvalue weighted by atomic mass is 9.91. The quantitative estimate of drug-likeness (QED) is 0.619. The number of fused-ring (bicyclic) bond motifs is 2. The SMILES string of the molecule is CC1(C)COC2(CC[C@@H]3C[C@@]32C=O)OC1. The summed E-state index contributed by atoms with van der Waals surface area (Å²) in [6.07, 6.45) is 4.03. The van der Waals surface area contributed by atoms with E-state index in [0.29, 0.717) is 19.1 Å². The van der Waals surface area contributed by atoms with Gasteiger partial charge >= 0.3 is 0 Å². The molecular formula is C12H18O3. The van der Waals surface area contributed by atoms with Crippen molar-refractivity contribution in [1.82, 2.24) is 0 Å². The minimum Gasteiger partial charge on any atom is -0.348 e. The first-order chi connectivity index (χ1) is 7.04. The van der Waals surface area contributed by atoms with Crippen LogP contribution in [0.1, 0.15) is 33.1 Å². The normalized spacial score (nSPS) is 45.1. The zero-order valence-corrected chi connectivity index (χ0v) is 9.41. The van der Waals surface area contributed by atoms with E-state index in [9.17, 15) is 4.79 Å². The Hall–Kier alpha value is -0.410. The molecule has 0 aromatic heterocycles. The summed E-state index contributed by atoms with van der Waals surface area (Å²) in [4.78, 5) is 11.2.